The van der Waals surface area contributed by atoms with Crippen LogP contribution in [-0.2, 0) is 4.74 Å². The number of nitrogens with zero attached hydrogens (tertiary/aromatic N) is 4. The predicted molar refractivity (Wildman–Crippen MR) is 99.6 cm³/mol. The second kappa shape index (κ2) is 9.35. The Morgan fingerprint density at radius 2 is 1.96 bits per heavy atom. The number of ether oxygens (including phenoxy) is 2. The normalized spacial score (nSPS) is 14.7. The van der Waals surface area contributed by atoms with Gasteiger partial charge in [-0.3, -0.25) is 0 Å². The van der Waals surface area contributed by atoms with Crippen LogP contribution < -0.4 is 9.64 Å². The first kappa shape index (κ1) is 19.9. The van der Waals surface area contributed by atoms with Crippen LogP contribution in [0.1, 0.15) is 20.3 Å². The lowest BCUT2D eigenvalue weighted by atomic mass is 10.2. The second-order valence-corrected chi connectivity index (χ2v) is 6.07. The number of hydrogen-bond donors (Lipinski definition) is 0. The lowest BCUT2D eigenvalue weighted by Gasteiger charge is -2.23. The van der Waals surface area contributed by atoms with Crippen molar-refractivity contribution in [1.29, 1.82) is 0 Å². The maximum atomic E-state index is 14.5. The molecule has 3 heterocycles. The summed E-state index contributed by atoms with van der Waals surface area (Å²) in [4.78, 5) is 14.8. The summed E-state index contributed by atoms with van der Waals surface area (Å²) in [5.74, 6) is 0.163. The molecule has 1 aliphatic heterocycles. The van der Waals surface area contributed by atoms with Gasteiger partial charge in [-0.2, -0.15) is 4.98 Å². The Morgan fingerprint density at radius 3 is 2.64 bits per heavy atom. The zero-order chi connectivity index (χ0) is 18.4. The Balaban J connectivity index is 0.00000109. The summed E-state index contributed by atoms with van der Waals surface area (Å²) in [5, 5.41) is 0.653. The molecule has 25 heavy (non-hydrogen) atoms. The average Bonchev–Trinajstić information content (AvgIpc) is 2.94. The first-order valence-corrected chi connectivity index (χ1v) is 9.73. The first-order chi connectivity index (χ1) is 12.2. The van der Waals surface area contributed by atoms with E-state index in [0.29, 0.717) is 36.1 Å². The number of methoxy groups -OCH3 is 1. The van der Waals surface area contributed by atoms with Crippen LogP contribution in [0.4, 0.5) is 10.2 Å². The molecule has 1 aliphatic rings. The number of thioether (sulfide) groups is 1. The van der Waals surface area contributed by atoms with Gasteiger partial charge in [0, 0.05) is 19.7 Å². The van der Waals surface area contributed by atoms with E-state index in [1.165, 1.54) is 18.9 Å². The maximum Gasteiger partial charge on any atom is 0.228 e. The van der Waals surface area contributed by atoms with E-state index in [2.05, 4.69) is 15.0 Å². The molecule has 3 rings (SSSR count). The van der Waals surface area contributed by atoms with Crippen LogP contribution in [0.3, 0.4) is 0 Å². The Kier molecular flexibility index (Phi) is 7.46. The topological polar surface area (TPSA) is 60.4 Å². The molecule has 0 radical (unpaired) electrons. The fourth-order valence-electron chi connectivity index (χ4n) is 2.50. The van der Waals surface area contributed by atoms with Gasteiger partial charge >= 0.3 is 0 Å². The molecule has 0 N–H and O–H groups in total. The van der Waals surface area contributed by atoms with E-state index in [1.54, 1.807) is 0 Å². The molecule has 0 aromatic carbocycles. The van der Waals surface area contributed by atoms with Crippen LogP contribution >= 0.6 is 23.4 Å². The molecule has 0 saturated carbocycles. The summed E-state index contributed by atoms with van der Waals surface area (Å²) < 4.78 is 25.2. The SMILES string of the molecule is CC.COc1nc(Cl)c(F)c2nc(SC)nc(N3CCCOCC3)c12. The summed E-state index contributed by atoms with van der Waals surface area (Å²) in [6.07, 6.45) is 2.71. The summed E-state index contributed by atoms with van der Waals surface area (Å²) in [6, 6.07) is 0. The predicted octanol–water partition coefficient (Wildman–Crippen LogP) is 3.80. The summed E-state index contributed by atoms with van der Waals surface area (Å²) in [6.45, 7) is 6.71. The van der Waals surface area contributed by atoms with E-state index >= 15 is 0 Å². The quantitative estimate of drug-likeness (QED) is 0.450. The van der Waals surface area contributed by atoms with Gasteiger partial charge in [-0.1, -0.05) is 37.2 Å². The van der Waals surface area contributed by atoms with Crippen molar-refractivity contribution in [2.75, 3.05) is 44.6 Å². The van der Waals surface area contributed by atoms with Gasteiger partial charge in [0.15, 0.2) is 16.1 Å². The van der Waals surface area contributed by atoms with Crippen LogP contribution in [-0.4, -0.2) is 54.6 Å². The molecule has 9 heteroatoms. The third kappa shape index (κ3) is 4.24. The highest BCUT2D eigenvalue weighted by Gasteiger charge is 2.24. The standard InChI is InChI=1S/C14H16ClFN4O2S.C2H6/c1-21-13-8-10(9(16)11(15)18-13)17-14(23-2)19-12(8)20-4-3-6-22-7-5-20;1-2/h3-7H2,1-2H3;1-2H3. The molecule has 1 saturated heterocycles. The highest BCUT2D eigenvalue weighted by Crippen LogP contribution is 2.36. The van der Waals surface area contributed by atoms with Crippen molar-refractivity contribution >= 4 is 40.1 Å². The zero-order valence-corrected chi connectivity index (χ0v) is 16.4. The third-order valence-corrected chi connectivity index (χ3v) is 4.37. The van der Waals surface area contributed by atoms with E-state index in [0.717, 1.165) is 13.0 Å². The number of halogens is 2. The molecule has 0 amide bonds. The van der Waals surface area contributed by atoms with Crippen molar-refractivity contribution < 1.29 is 13.9 Å². The second-order valence-electron chi connectivity index (χ2n) is 4.94. The van der Waals surface area contributed by atoms with E-state index in [-0.39, 0.29) is 16.5 Å². The summed E-state index contributed by atoms with van der Waals surface area (Å²) in [7, 11) is 1.47. The van der Waals surface area contributed by atoms with Crippen LogP contribution in [0.5, 0.6) is 5.88 Å². The molecule has 1 fully saturated rings. The maximum absolute atomic E-state index is 14.5. The molecule has 0 aliphatic carbocycles. The lowest BCUT2D eigenvalue weighted by molar-refractivity contribution is 0.152. The number of rotatable bonds is 3. The minimum absolute atomic E-state index is 0.126. The van der Waals surface area contributed by atoms with Crippen molar-refractivity contribution in [2.24, 2.45) is 0 Å². The van der Waals surface area contributed by atoms with Crippen molar-refractivity contribution in [3.05, 3.63) is 11.0 Å². The van der Waals surface area contributed by atoms with Gasteiger partial charge in [-0.15, -0.1) is 0 Å². The average molecular weight is 389 g/mol. The molecule has 2 aromatic heterocycles. The van der Waals surface area contributed by atoms with Gasteiger partial charge in [-0.25, -0.2) is 14.4 Å². The van der Waals surface area contributed by atoms with E-state index in [9.17, 15) is 4.39 Å². The molecule has 2 aromatic rings. The van der Waals surface area contributed by atoms with Crippen LogP contribution in [0, 0.1) is 5.82 Å². The number of pyridine rings is 1. The molecule has 0 bridgehead atoms. The lowest BCUT2D eigenvalue weighted by Crippen LogP contribution is -2.27. The van der Waals surface area contributed by atoms with E-state index < -0.39 is 5.82 Å². The van der Waals surface area contributed by atoms with Crippen LogP contribution in [0.25, 0.3) is 10.9 Å². The van der Waals surface area contributed by atoms with Gasteiger partial charge in [-0.05, 0) is 12.7 Å². The van der Waals surface area contributed by atoms with Crippen molar-refractivity contribution in [3.63, 3.8) is 0 Å². The van der Waals surface area contributed by atoms with E-state index in [4.69, 9.17) is 21.1 Å². The summed E-state index contributed by atoms with van der Waals surface area (Å²) >= 11 is 7.21. The van der Waals surface area contributed by atoms with E-state index in [1.807, 2.05) is 25.0 Å². The number of hydrogen-bond acceptors (Lipinski definition) is 7. The third-order valence-electron chi connectivity index (χ3n) is 3.57. The summed E-state index contributed by atoms with van der Waals surface area (Å²) in [5.41, 5.74) is 0.126. The van der Waals surface area contributed by atoms with Crippen LogP contribution in [0.2, 0.25) is 5.15 Å². The smallest absolute Gasteiger partial charge is 0.228 e. The molecule has 0 atom stereocenters. The molecule has 6 nitrogen and oxygen atoms in total. The molecule has 0 unspecified atom stereocenters. The fraction of sp³-hybridized carbons (Fsp3) is 0.562. The number of fused-ring (bicyclic) bond motifs is 1. The van der Waals surface area contributed by atoms with Gasteiger partial charge in [0.25, 0.3) is 0 Å². The Hall–Kier alpha value is -1.38. The zero-order valence-electron chi connectivity index (χ0n) is 14.8. The number of aromatic nitrogens is 3. The molecular formula is C16H22ClFN4O2S. The highest BCUT2D eigenvalue weighted by atomic mass is 35.5. The molecular weight excluding hydrogens is 367 g/mol. The van der Waals surface area contributed by atoms with Gasteiger partial charge in [0.1, 0.15) is 16.7 Å². The van der Waals surface area contributed by atoms with Crippen LogP contribution in [0.15, 0.2) is 5.16 Å². The minimum Gasteiger partial charge on any atom is -0.480 e. The monoisotopic (exact) mass is 388 g/mol. The Bertz CT molecular complexity index is 727. The van der Waals surface area contributed by atoms with Gasteiger partial charge in [0.05, 0.1) is 13.7 Å². The van der Waals surface area contributed by atoms with Gasteiger partial charge in [0.2, 0.25) is 5.88 Å². The largest absolute Gasteiger partial charge is 0.480 e. The van der Waals surface area contributed by atoms with Gasteiger partial charge < -0.3 is 14.4 Å². The Labute approximate surface area is 156 Å². The van der Waals surface area contributed by atoms with Crippen molar-refractivity contribution in [2.45, 2.75) is 25.4 Å². The fourth-order valence-corrected chi connectivity index (χ4v) is 3.03. The van der Waals surface area contributed by atoms with Crippen molar-refractivity contribution in [3.8, 4) is 5.88 Å². The van der Waals surface area contributed by atoms with Crippen molar-refractivity contribution in [1.82, 2.24) is 15.0 Å². The first-order valence-electron chi connectivity index (χ1n) is 8.13. The number of anilines is 1. The Morgan fingerprint density at radius 1 is 1.20 bits per heavy atom. The highest BCUT2D eigenvalue weighted by molar-refractivity contribution is 7.98. The molecule has 138 valence electrons. The minimum atomic E-state index is -0.660. The molecule has 0 spiro atoms.